The van der Waals surface area contributed by atoms with Crippen molar-refractivity contribution in [3.8, 4) is 0 Å². The molecule has 2 N–H and O–H groups in total. The molecule has 106 valence electrons. The van der Waals surface area contributed by atoms with Crippen molar-refractivity contribution in [1.29, 1.82) is 0 Å². The van der Waals surface area contributed by atoms with Crippen molar-refractivity contribution in [2.45, 2.75) is 32.4 Å². The van der Waals surface area contributed by atoms with Gasteiger partial charge in [-0.25, -0.2) is 4.79 Å². The molecule has 1 aliphatic rings. The van der Waals surface area contributed by atoms with Gasteiger partial charge in [0.2, 0.25) is 0 Å². The second kappa shape index (κ2) is 4.99. The first-order chi connectivity index (χ1) is 9.65. The van der Waals surface area contributed by atoms with Gasteiger partial charge in [0.05, 0.1) is 5.69 Å². The third kappa shape index (κ3) is 2.26. The molecule has 0 saturated carbocycles. The molecule has 0 atom stereocenters. The van der Waals surface area contributed by atoms with E-state index in [0.717, 1.165) is 31.6 Å². The summed E-state index contributed by atoms with van der Waals surface area (Å²) in [6.07, 6.45) is 4.87. The van der Waals surface area contributed by atoms with Crippen LogP contribution in [-0.4, -0.2) is 25.3 Å². The van der Waals surface area contributed by atoms with Crippen LogP contribution in [0.3, 0.4) is 0 Å². The van der Waals surface area contributed by atoms with Gasteiger partial charge in [0.15, 0.2) is 12.4 Å². The van der Waals surface area contributed by atoms with Gasteiger partial charge in [0.1, 0.15) is 11.5 Å². The van der Waals surface area contributed by atoms with Crippen LogP contribution in [0.4, 0.5) is 5.69 Å². The first-order valence-electron chi connectivity index (χ1n) is 6.65. The van der Waals surface area contributed by atoms with Crippen LogP contribution >= 0.6 is 0 Å². The summed E-state index contributed by atoms with van der Waals surface area (Å²) in [5.74, 6) is 1.28. The number of rotatable bonds is 3. The highest BCUT2D eigenvalue weighted by Crippen LogP contribution is 2.16. The second-order valence-electron chi connectivity index (χ2n) is 4.99. The van der Waals surface area contributed by atoms with E-state index in [2.05, 4.69) is 10.2 Å². The number of nitrogens with zero attached hydrogens (tertiary/aromatic N) is 4. The fraction of sp³-hybridized carbons (Fsp3) is 0.462. The van der Waals surface area contributed by atoms with Crippen molar-refractivity contribution in [2.24, 2.45) is 7.05 Å². The van der Waals surface area contributed by atoms with E-state index >= 15 is 0 Å². The normalized spacial score (nSPS) is 14.1. The number of aryl methyl sites for hydroxylation is 2. The molecular weight excluding hydrogens is 258 g/mol. The monoisotopic (exact) mass is 275 g/mol. The molecule has 0 fully saturated rings. The molecule has 0 bridgehead atoms. The minimum absolute atomic E-state index is 0.136. The largest absolute Gasteiger partial charge is 0.453 e. The van der Waals surface area contributed by atoms with Crippen LogP contribution in [-0.2, 0) is 31.4 Å². The molecule has 7 nitrogen and oxygen atoms in total. The summed E-state index contributed by atoms with van der Waals surface area (Å²) in [6, 6.07) is 1.60. The Morgan fingerprint density at radius 2 is 2.30 bits per heavy atom. The Labute approximate surface area is 116 Å². The molecule has 0 aliphatic carbocycles. The molecule has 3 heterocycles. The van der Waals surface area contributed by atoms with E-state index < -0.39 is 5.97 Å². The number of anilines is 1. The highest BCUT2D eigenvalue weighted by Gasteiger charge is 2.18. The summed E-state index contributed by atoms with van der Waals surface area (Å²) in [7, 11) is 1.76. The Balaban J connectivity index is 1.69. The zero-order valence-corrected chi connectivity index (χ0v) is 11.4. The van der Waals surface area contributed by atoms with Crippen molar-refractivity contribution in [3.05, 3.63) is 29.6 Å². The van der Waals surface area contributed by atoms with Crippen molar-refractivity contribution in [1.82, 2.24) is 19.3 Å². The van der Waals surface area contributed by atoms with Crippen molar-refractivity contribution in [3.63, 3.8) is 0 Å². The average Bonchev–Trinajstić information content (AvgIpc) is 2.99. The quantitative estimate of drug-likeness (QED) is 0.840. The molecule has 1 aliphatic heterocycles. The van der Waals surface area contributed by atoms with Gasteiger partial charge in [-0.2, -0.15) is 0 Å². The Morgan fingerprint density at radius 3 is 3.05 bits per heavy atom. The molecule has 0 amide bonds. The summed E-state index contributed by atoms with van der Waals surface area (Å²) < 4.78 is 8.98. The van der Waals surface area contributed by atoms with Gasteiger partial charge in [-0.15, -0.1) is 10.2 Å². The van der Waals surface area contributed by atoms with Crippen LogP contribution in [0.5, 0.6) is 0 Å². The second-order valence-corrected chi connectivity index (χ2v) is 4.99. The lowest BCUT2D eigenvalue weighted by Crippen LogP contribution is -2.16. The fourth-order valence-electron chi connectivity index (χ4n) is 2.47. The van der Waals surface area contributed by atoms with E-state index in [1.807, 2.05) is 4.57 Å². The first-order valence-corrected chi connectivity index (χ1v) is 6.65. The van der Waals surface area contributed by atoms with Crippen LogP contribution in [0.15, 0.2) is 12.3 Å². The molecule has 0 radical (unpaired) electrons. The predicted molar refractivity (Wildman–Crippen MR) is 71.9 cm³/mol. The van der Waals surface area contributed by atoms with Crippen LogP contribution in [0, 0.1) is 0 Å². The summed E-state index contributed by atoms with van der Waals surface area (Å²) in [5, 5.41) is 8.22. The zero-order valence-electron chi connectivity index (χ0n) is 11.4. The number of nitrogens with two attached hydrogens (primary N) is 1. The molecule has 2 aromatic rings. The molecule has 0 aromatic carbocycles. The van der Waals surface area contributed by atoms with Crippen LogP contribution in [0.25, 0.3) is 0 Å². The lowest BCUT2D eigenvalue weighted by atomic mass is 10.2. The lowest BCUT2D eigenvalue weighted by Gasteiger charge is -2.14. The number of nitrogen functional groups attached to an aromatic ring is 1. The third-order valence-corrected chi connectivity index (χ3v) is 3.50. The van der Waals surface area contributed by atoms with E-state index in [4.69, 9.17) is 10.5 Å². The molecule has 0 saturated heterocycles. The number of fused-ring (bicyclic) bond motifs is 1. The Hall–Kier alpha value is -2.31. The smallest absolute Gasteiger partial charge is 0.355 e. The maximum absolute atomic E-state index is 12.0. The van der Waals surface area contributed by atoms with Gasteiger partial charge in [-0.3, -0.25) is 0 Å². The minimum Gasteiger partial charge on any atom is -0.453 e. The standard InChI is InChI=1S/C13H17N5O2/c1-17-7-9(14)6-10(17)13(19)20-8-12-16-15-11-4-2-3-5-18(11)12/h6-7H,2-5,8,14H2,1H3. The number of esters is 1. The van der Waals surface area contributed by atoms with Gasteiger partial charge >= 0.3 is 5.97 Å². The van der Waals surface area contributed by atoms with Crippen molar-refractivity contribution >= 4 is 11.7 Å². The maximum Gasteiger partial charge on any atom is 0.355 e. The van der Waals surface area contributed by atoms with Crippen molar-refractivity contribution < 1.29 is 9.53 Å². The molecule has 0 unspecified atom stereocenters. The zero-order chi connectivity index (χ0) is 14.1. The number of aromatic nitrogens is 4. The van der Waals surface area contributed by atoms with Gasteiger partial charge in [0.25, 0.3) is 0 Å². The Bertz CT molecular complexity index is 643. The molecule has 2 aromatic heterocycles. The first kappa shape index (κ1) is 12.7. The topological polar surface area (TPSA) is 88.0 Å². The fourth-order valence-corrected chi connectivity index (χ4v) is 2.47. The van der Waals surface area contributed by atoms with Crippen LogP contribution in [0.2, 0.25) is 0 Å². The number of ether oxygens (including phenoxy) is 1. The summed E-state index contributed by atoms with van der Waals surface area (Å²) in [5.41, 5.74) is 6.62. The Kier molecular flexibility index (Phi) is 3.17. The number of carbonyl (C=O) groups is 1. The minimum atomic E-state index is -0.405. The predicted octanol–water partition coefficient (Wildman–Crippen LogP) is 0.892. The number of carbonyl (C=O) groups excluding carboxylic acids is 1. The van der Waals surface area contributed by atoms with Crippen LogP contribution in [0.1, 0.15) is 35.0 Å². The summed E-state index contributed by atoms with van der Waals surface area (Å²) in [6.45, 7) is 1.03. The van der Waals surface area contributed by atoms with E-state index in [1.165, 1.54) is 0 Å². The molecular formula is C13H17N5O2. The SMILES string of the molecule is Cn1cc(N)cc1C(=O)OCc1nnc2n1CCCC2. The van der Waals surface area contributed by atoms with Crippen molar-refractivity contribution in [2.75, 3.05) is 5.73 Å². The number of hydrogen-bond acceptors (Lipinski definition) is 5. The van der Waals surface area contributed by atoms with E-state index in [0.29, 0.717) is 17.2 Å². The highest BCUT2D eigenvalue weighted by atomic mass is 16.5. The molecule has 20 heavy (non-hydrogen) atoms. The van der Waals surface area contributed by atoms with Gasteiger partial charge in [0, 0.05) is 26.2 Å². The van der Waals surface area contributed by atoms with Gasteiger partial charge < -0.3 is 19.6 Å². The average molecular weight is 275 g/mol. The highest BCUT2D eigenvalue weighted by molar-refractivity contribution is 5.88. The lowest BCUT2D eigenvalue weighted by molar-refractivity contribution is 0.0445. The van der Waals surface area contributed by atoms with Gasteiger partial charge in [-0.1, -0.05) is 0 Å². The Morgan fingerprint density at radius 1 is 1.45 bits per heavy atom. The van der Waals surface area contributed by atoms with E-state index in [-0.39, 0.29) is 6.61 Å². The summed E-state index contributed by atoms with van der Waals surface area (Å²) >= 11 is 0. The summed E-state index contributed by atoms with van der Waals surface area (Å²) in [4.78, 5) is 12.0. The molecule has 0 spiro atoms. The molecule has 7 heteroatoms. The third-order valence-electron chi connectivity index (χ3n) is 3.50. The van der Waals surface area contributed by atoms with Crippen LogP contribution < -0.4 is 5.73 Å². The van der Waals surface area contributed by atoms with E-state index in [9.17, 15) is 4.79 Å². The molecule has 3 rings (SSSR count). The van der Waals surface area contributed by atoms with E-state index in [1.54, 1.807) is 23.9 Å². The number of hydrogen-bond donors (Lipinski definition) is 1. The van der Waals surface area contributed by atoms with Gasteiger partial charge in [-0.05, 0) is 18.9 Å². The maximum atomic E-state index is 12.0.